The Morgan fingerprint density at radius 1 is 1.04 bits per heavy atom. The highest BCUT2D eigenvalue weighted by Crippen LogP contribution is 2.33. The molecular formula is C20H20N4O2S. The predicted molar refractivity (Wildman–Crippen MR) is 109 cm³/mol. The number of phenols is 2. The van der Waals surface area contributed by atoms with Crippen molar-refractivity contribution >= 4 is 17.7 Å². The third-order valence-electron chi connectivity index (χ3n) is 4.49. The van der Waals surface area contributed by atoms with Crippen molar-refractivity contribution in [3.05, 3.63) is 54.7 Å². The van der Waals surface area contributed by atoms with E-state index in [0.717, 1.165) is 23.4 Å². The van der Waals surface area contributed by atoms with Gasteiger partial charge < -0.3 is 20.8 Å². The highest BCUT2D eigenvalue weighted by molar-refractivity contribution is 7.99. The lowest BCUT2D eigenvalue weighted by atomic mass is 10.0. The largest absolute Gasteiger partial charge is 0.508 e. The molecule has 0 bridgehead atoms. The number of anilines is 1. The summed E-state index contributed by atoms with van der Waals surface area (Å²) in [6.07, 6.45) is 1.71. The molecule has 138 valence electrons. The minimum atomic E-state index is 0.0530. The van der Waals surface area contributed by atoms with Crippen molar-refractivity contribution in [1.29, 1.82) is 0 Å². The second-order valence-electron chi connectivity index (χ2n) is 6.38. The highest BCUT2D eigenvalue weighted by atomic mass is 32.2. The molecule has 1 saturated heterocycles. The zero-order valence-corrected chi connectivity index (χ0v) is 15.4. The molecule has 1 atom stereocenters. The van der Waals surface area contributed by atoms with Crippen molar-refractivity contribution in [1.82, 2.24) is 9.97 Å². The van der Waals surface area contributed by atoms with Crippen molar-refractivity contribution in [3.8, 4) is 33.9 Å². The number of benzene rings is 2. The summed E-state index contributed by atoms with van der Waals surface area (Å²) in [7, 11) is 0. The van der Waals surface area contributed by atoms with Gasteiger partial charge in [-0.3, -0.25) is 0 Å². The Balaban J connectivity index is 1.69. The van der Waals surface area contributed by atoms with Crippen LogP contribution in [0.3, 0.4) is 0 Å². The van der Waals surface area contributed by atoms with Crippen LogP contribution in [-0.2, 0) is 0 Å². The van der Waals surface area contributed by atoms with Crippen molar-refractivity contribution in [3.63, 3.8) is 0 Å². The van der Waals surface area contributed by atoms with E-state index in [9.17, 15) is 10.2 Å². The molecule has 2 aromatic carbocycles. The number of phenolic OH excluding ortho intramolecular Hbond substituents is 2. The first-order chi connectivity index (χ1) is 13.1. The van der Waals surface area contributed by atoms with Crippen LogP contribution >= 0.6 is 11.8 Å². The van der Waals surface area contributed by atoms with Crippen LogP contribution in [-0.4, -0.2) is 44.4 Å². The number of hydrogen-bond acceptors (Lipinski definition) is 7. The predicted octanol–water partition coefficient (Wildman–Crippen LogP) is 3.06. The molecule has 1 unspecified atom stereocenters. The number of aromatic nitrogens is 2. The summed E-state index contributed by atoms with van der Waals surface area (Å²) in [6.45, 7) is 1.55. The van der Waals surface area contributed by atoms with Crippen molar-refractivity contribution in [2.24, 2.45) is 5.73 Å². The van der Waals surface area contributed by atoms with Crippen LogP contribution in [0.2, 0.25) is 0 Å². The van der Waals surface area contributed by atoms with Crippen LogP contribution in [0, 0.1) is 0 Å². The van der Waals surface area contributed by atoms with Gasteiger partial charge in [0, 0.05) is 30.6 Å². The zero-order chi connectivity index (χ0) is 18.8. The average molecular weight is 380 g/mol. The molecule has 4 N–H and O–H groups in total. The van der Waals surface area contributed by atoms with E-state index in [-0.39, 0.29) is 16.9 Å². The quantitative estimate of drug-likeness (QED) is 0.643. The van der Waals surface area contributed by atoms with Gasteiger partial charge in [0.05, 0.1) is 11.1 Å². The maximum atomic E-state index is 10.4. The Morgan fingerprint density at radius 2 is 1.81 bits per heavy atom. The molecule has 0 saturated carbocycles. The fourth-order valence-electron chi connectivity index (χ4n) is 3.08. The smallest absolute Gasteiger partial charge is 0.225 e. The molecule has 1 aromatic heterocycles. The van der Waals surface area contributed by atoms with E-state index < -0.39 is 0 Å². The summed E-state index contributed by atoms with van der Waals surface area (Å²) >= 11 is 1.74. The molecule has 0 amide bonds. The third kappa shape index (κ3) is 3.84. The molecule has 27 heavy (non-hydrogen) atoms. The minimum Gasteiger partial charge on any atom is -0.508 e. The Bertz CT molecular complexity index is 949. The van der Waals surface area contributed by atoms with Gasteiger partial charge in [-0.25, -0.2) is 9.97 Å². The average Bonchev–Trinajstić information content (AvgIpc) is 2.69. The van der Waals surface area contributed by atoms with E-state index in [0.29, 0.717) is 23.8 Å². The summed E-state index contributed by atoms with van der Waals surface area (Å²) in [5.74, 6) is 1.94. The van der Waals surface area contributed by atoms with Crippen molar-refractivity contribution < 1.29 is 10.2 Å². The van der Waals surface area contributed by atoms with Crippen molar-refractivity contribution in [2.75, 3.05) is 23.7 Å². The van der Waals surface area contributed by atoms with E-state index in [1.54, 1.807) is 42.2 Å². The van der Waals surface area contributed by atoms with Gasteiger partial charge in [-0.15, -0.1) is 11.8 Å². The molecule has 4 rings (SSSR count). The maximum absolute atomic E-state index is 10.4. The topological polar surface area (TPSA) is 95.5 Å². The van der Waals surface area contributed by atoms with Crippen LogP contribution in [0.1, 0.15) is 0 Å². The number of hydrogen-bond donors (Lipinski definition) is 3. The fraction of sp³-hybridized carbons (Fsp3) is 0.200. The number of nitrogens with two attached hydrogens (primary N) is 1. The van der Waals surface area contributed by atoms with Gasteiger partial charge in [0.25, 0.3) is 0 Å². The second kappa shape index (κ2) is 7.46. The summed E-state index contributed by atoms with van der Waals surface area (Å²) < 4.78 is 0. The third-order valence-corrected chi connectivity index (χ3v) is 5.49. The molecule has 2 heterocycles. The molecular weight excluding hydrogens is 360 g/mol. The molecule has 6 nitrogen and oxygen atoms in total. The first-order valence-electron chi connectivity index (χ1n) is 8.68. The molecule has 0 spiro atoms. The summed E-state index contributed by atoms with van der Waals surface area (Å²) in [6, 6.07) is 14.1. The number of thioether (sulfide) groups is 1. The number of aromatic hydroxyl groups is 2. The normalized spacial score (nSPS) is 17.1. The molecule has 7 heteroatoms. The molecule has 1 aliphatic heterocycles. The van der Waals surface area contributed by atoms with Crippen molar-refractivity contribution in [2.45, 2.75) is 5.37 Å². The van der Waals surface area contributed by atoms with Gasteiger partial charge in [-0.1, -0.05) is 18.2 Å². The van der Waals surface area contributed by atoms with E-state index in [1.807, 2.05) is 24.3 Å². The van der Waals surface area contributed by atoms with Gasteiger partial charge in [-0.05, 0) is 41.5 Å². The molecule has 1 aliphatic rings. The summed E-state index contributed by atoms with van der Waals surface area (Å²) in [5, 5.41) is 19.9. The lowest BCUT2D eigenvalue weighted by molar-refractivity contribution is 0.475. The van der Waals surface area contributed by atoms with Gasteiger partial charge in [-0.2, -0.15) is 0 Å². The number of nitrogens with zero attached hydrogens (tertiary/aromatic N) is 3. The van der Waals surface area contributed by atoms with E-state index in [1.165, 1.54) is 0 Å². The lowest BCUT2D eigenvalue weighted by Crippen LogP contribution is -2.42. The maximum Gasteiger partial charge on any atom is 0.225 e. The van der Waals surface area contributed by atoms with E-state index >= 15 is 0 Å². The Labute approximate surface area is 161 Å². The first kappa shape index (κ1) is 17.6. The SMILES string of the molecule is NC1CN(c2nccc(-c3cc(-c4ccc(O)cc4)ccc3O)n2)CCS1. The van der Waals surface area contributed by atoms with Crippen LogP contribution in [0.5, 0.6) is 11.5 Å². The molecule has 0 radical (unpaired) electrons. The van der Waals surface area contributed by atoms with Gasteiger partial charge >= 0.3 is 0 Å². The molecule has 0 aliphatic carbocycles. The van der Waals surface area contributed by atoms with Gasteiger partial charge in [0.2, 0.25) is 5.95 Å². The van der Waals surface area contributed by atoms with Crippen LogP contribution in [0.25, 0.3) is 22.4 Å². The Kier molecular flexibility index (Phi) is 4.87. The minimum absolute atomic E-state index is 0.0530. The monoisotopic (exact) mass is 380 g/mol. The molecule has 3 aromatic rings. The fourth-order valence-corrected chi connectivity index (χ4v) is 4.00. The van der Waals surface area contributed by atoms with Crippen LogP contribution in [0.4, 0.5) is 5.95 Å². The van der Waals surface area contributed by atoms with E-state index in [2.05, 4.69) is 14.9 Å². The Hall–Kier alpha value is -2.77. The molecule has 1 fully saturated rings. The zero-order valence-electron chi connectivity index (χ0n) is 14.6. The lowest BCUT2D eigenvalue weighted by Gasteiger charge is -2.30. The number of rotatable bonds is 3. The second-order valence-corrected chi connectivity index (χ2v) is 7.72. The van der Waals surface area contributed by atoms with Crippen LogP contribution < -0.4 is 10.6 Å². The van der Waals surface area contributed by atoms with Crippen LogP contribution in [0.15, 0.2) is 54.7 Å². The standard InChI is InChI=1S/C20H20N4O2S/c21-19-12-24(9-10-27-19)20-22-8-7-17(23-20)16-11-14(3-6-18(16)26)13-1-4-15(25)5-2-13/h1-8,11,19,25-26H,9-10,12,21H2. The van der Waals surface area contributed by atoms with Gasteiger partial charge in [0.15, 0.2) is 0 Å². The summed E-state index contributed by atoms with van der Waals surface area (Å²) in [5.41, 5.74) is 9.21. The first-order valence-corrected chi connectivity index (χ1v) is 9.73. The van der Waals surface area contributed by atoms with Gasteiger partial charge in [0.1, 0.15) is 11.5 Å². The summed E-state index contributed by atoms with van der Waals surface area (Å²) in [4.78, 5) is 11.1. The Morgan fingerprint density at radius 3 is 2.59 bits per heavy atom. The van der Waals surface area contributed by atoms with E-state index in [4.69, 9.17) is 5.73 Å². The highest BCUT2D eigenvalue weighted by Gasteiger charge is 2.20.